The molecule has 4 nitrogen and oxygen atoms in total. The molecule has 0 spiro atoms. The second-order valence-corrected chi connectivity index (χ2v) is 4.27. The summed E-state index contributed by atoms with van der Waals surface area (Å²) in [6.07, 6.45) is 2.92. The SMILES string of the molecule is Nc1ncc(Cl)cc1C(=O)C1CCOCC1. The van der Waals surface area contributed by atoms with Gasteiger partial charge < -0.3 is 10.5 Å². The lowest BCUT2D eigenvalue weighted by atomic mass is 9.91. The van der Waals surface area contributed by atoms with Crippen molar-refractivity contribution in [2.24, 2.45) is 5.92 Å². The van der Waals surface area contributed by atoms with Crippen molar-refractivity contribution in [1.82, 2.24) is 4.98 Å². The minimum Gasteiger partial charge on any atom is -0.383 e. The molecule has 2 heterocycles. The van der Waals surface area contributed by atoms with Crippen LogP contribution < -0.4 is 5.73 Å². The average Bonchev–Trinajstić information content (AvgIpc) is 2.32. The van der Waals surface area contributed by atoms with E-state index in [1.165, 1.54) is 6.20 Å². The number of pyridine rings is 1. The number of aromatic nitrogens is 1. The topological polar surface area (TPSA) is 65.2 Å². The fourth-order valence-electron chi connectivity index (χ4n) is 1.83. The van der Waals surface area contributed by atoms with Crippen LogP contribution in [0.1, 0.15) is 23.2 Å². The first kappa shape index (κ1) is 11.4. The summed E-state index contributed by atoms with van der Waals surface area (Å²) in [5, 5.41) is 0.435. The minimum absolute atomic E-state index is 0.0173. The van der Waals surface area contributed by atoms with Gasteiger partial charge in [0.25, 0.3) is 0 Å². The van der Waals surface area contributed by atoms with Gasteiger partial charge in [-0.1, -0.05) is 11.6 Å². The van der Waals surface area contributed by atoms with Crippen molar-refractivity contribution in [3.8, 4) is 0 Å². The number of ether oxygens (including phenoxy) is 1. The number of halogens is 1. The molecule has 0 amide bonds. The Hall–Kier alpha value is -1.13. The van der Waals surface area contributed by atoms with Gasteiger partial charge in [0.05, 0.1) is 10.6 Å². The normalized spacial score (nSPS) is 17.3. The quantitative estimate of drug-likeness (QED) is 0.803. The van der Waals surface area contributed by atoms with Crippen LogP contribution in [-0.4, -0.2) is 24.0 Å². The van der Waals surface area contributed by atoms with Crippen LogP contribution in [0.15, 0.2) is 12.3 Å². The zero-order valence-electron chi connectivity index (χ0n) is 8.78. The lowest BCUT2D eigenvalue weighted by Crippen LogP contribution is -2.24. The summed E-state index contributed by atoms with van der Waals surface area (Å²) in [6.45, 7) is 1.26. The second-order valence-electron chi connectivity index (χ2n) is 3.84. The molecular formula is C11H13ClN2O2. The van der Waals surface area contributed by atoms with Crippen LogP contribution in [0.5, 0.6) is 0 Å². The predicted octanol–water partition coefficient (Wildman–Crippen LogP) is 1.93. The summed E-state index contributed by atoms with van der Waals surface area (Å²) in [6, 6.07) is 1.59. The third-order valence-corrected chi connectivity index (χ3v) is 2.95. The van der Waals surface area contributed by atoms with E-state index in [2.05, 4.69) is 4.98 Å². The number of anilines is 1. The van der Waals surface area contributed by atoms with Crippen molar-refractivity contribution in [2.75, 3.05) is 18.9 Å². The lowest BCUT2D eigenvalue weighted by molar-refractivity contribution is 0.0545. The molecule has 0 unspecified atom stereocenters. The first-order chi connectivity index (χ1) is 7.68. The van der Waals surface area contributed by atoms with E-state index in [1.807, 2.05) is 0 Å². The fraction of sp³-hybridized carbons (Fsp3) is 0.455. The van der Waals surface area contributed by atoms with E-state index in [-0.39, 0.29) is 17.5 Å². The second kappa shape index (κ2) is 4.80. The average molecular weight is 241 g/mol. The van der Waals surface area contributed by atoms with Crippen molar-refractivity contribution in [2.45, 2.75) is 12.8 Å². The summed E-state index contributed by atoms with van der Waals surface area (Å²) in [5.74, 6) is 0.257. The highest BCUT2D eigenvalue weighted by molar-refractivity contribution is 6.31. The number of nitrogens with two attached hydrogens (primary N) is 1. The maximum Gasteiger partial charge on any atom is 0.169 e. The molecule has 1 aliphatic heterocycles. The standard InChI is InChI=1S/C11H13ClN2O2/c12-8-5-9(11(13)14-6-8)10(15)7-1-3-16-4-2-7/h5-7H,1-4H2,(H2,13,14). The number of carbonyl (C=O) groups excluding carboxylic acids is 1. The number of nitrogen functional groups attached to an aromatic ring is 1. The Balaban J connectivity index is 2.22. The van der Waals surface area contributed by atoms with Crippen LogP contribution in [0.2, 0.25) is 5.02 Å². The number of nitrogens with zero attached hydrogens (tertiary/aromatic N) is 1. The van der Waals surface area contributed by atoms with E-state index >= 15 is 0 Å². The molecule has 16 heavy (non-hydrogen) atoms. The van der Waals surface area contributed by atoms with E-state index in [0.717, 1.165) is 12.8 Å². The van der Waals surface area contributed by atoms with Crippen LogP contribution in [0.3, 0.4) is 0 Å². The fourth-order valence-corrected chi connectivity index (χ4v) is 1.98. The van der Waals surface area contributed by atoms with Gasteiger partial charge in [-0.3, -0.25) is 4.79 Å². The van der Waals surface area contributed by atoms with Crippen LogP contribution in [0.4, 0.5) is 5.82 Å². The Labute approximate surface area is 98.8 Å². The third kappa shape index (κ3) is 2.33. The number of hydrogen-bond donors (Lipinski definition) is 1. The number of rotatable bonds is 2. The minimum atomic E-state index is -0.0173. The zero-order chi connectivity index (χ0) is 11.5. The molecule has 86 valence electrons. The summed E-state index contributed by atoms with van der Waals surface area (Å²) in [7, 11) is 0. The molecule has 1 aliphatic rings. The van der Waals surface area contributed by atoms with E-state index in [9.17, 15) is 4.79 Å². The van der Waals surface area contributed by atoms with Gasteiger partial charge in [-0.2, -0.15) is 0 Å². The first-order valence-corrected chi connectivity index (χ1v) is 5.59. The van der Waals surface area contributed by atoms with Crippen LogP contribution in [-0.2, 0) is 4.74 Å². The maximum atomic E-state index is 12.1. The van der Waals surface area contributed by atoms with Gasteiger partial charge in [-0.05, 0) is 18.9 Å². The zero-order valence-corrected chi connectivity index (χ0v) is 9.54. The summed E-state index contributed by atoms with van der Waals surface area (Å²) >= 11 is 5.80. The van der Waals surface area contributed by atoms with Crippen molar-refractivity contribution in [1.29, 1.82) is 0 Å². The largest absolute Gasteiger partial charge is 0.383 e. The van der Waals surface area contributed by atoms with Crippen LogP contribution >= 0.6 is 11.6 Å². The third-order valence-electron chi connectivity index (χ3n) is 2.74. The maximum absolute atomic E-state index is 12.1. The molecule has 0 bridgehead atoms. The molecule has 1 aromatic rings. The van der Waals surface area contributed by atoms with E-state index in [0.29, 0.717) is 23.8 Å². The highest BCUT2D eigenvalue weighted by Gasteiger charge is 2.24. The molecule has 1 aromatic heterocycles. The van der Waals surface area contributed by atoms with Gasteiger partial charge in [0.2, 0.25) is 0 Å². The molecular weight excluding hydrogens is 228 g/mol. The highest BCUT2D eigenvalue weighted by atomic mass is 35.5. The van der Waals surface area contributed by atoms with Crippen molar-refractivity contribution in [3.63, 3.8) is 0 Å². The summed E-state index contributed by atoms with van der Waals surface area (Å²) < 4.78 is 5.21. The summed E-state index contributed by atoms with van der Waals surface area (Å²) in [4.78, 5) is 16.0. The Morgan fingerprint density at radius 3 is 2.88 bits per heavy atom. The Kier molecular flexibility index (Phi) is 3.41. The Morgan fingerprint density at radius 1 is 1.50 bits per heavy atom. The van der Waals surface area contributed by atoms with Gasteiger partial charge in [0, 0.05) is 25.3 Å². The van der Waals surface area contributed by atoms with Gasteiger partial charge in [-0.25, -0.2) is 4.98 Å². The molecule has 0 atom stereocenters. The van der Waals surface area contributed by atoms with Crippen LogP contribution in [0.25, 0.3) is 0 Å². The lowest BCUT2D eigenvalue weighted by Gasteiger charge is -2.21. The van der Waals surface area contributed by atoms with E-state index < -0.39 is 0 Å². The first-order valence-electron chi connectivity index (χ1n) is 5.21. The van der Waals surface area contributed by atoms with Gasteiger partial charge in [0.15, 0.2) is 5.78 Å². The number of Topliss-reactive ketones (excluding diaryl/α,β-unsaturated/α-hetero) is 1. The Morgan fingerprint density at radius 2 is 2.19 bits per heavy atom. The molecule has 2 N–H and O–H groups in total. The molecule has 0 aliphatic carbocycles. The molecule has 5 heteroatoms. The van der Waals surface area contributed by atoms with E-state index in [4.69, 9.17) is 22.1 Å². The molecule has 0 aromatic carbocycles. The molecule has 2 rings (SSSR count). The highest BCUT2D eigenvalue weighted by Crippen LogP contribution is 2.24. The summed E-state index contributed by atoms with van der Waals surface area (Å²) in [5.41, 5.74) is 6.11. The van der Waals surface area contributed by atoms with Crippen molar-refractivity contribution in [3.05, 3.63) is 22.8 Å². The smallest absolute Gasteiger partial charge is 0.169 e. The Bertz CT molecular complexity index is 403. The molecule has 1 fully saturated rings. The monoisotopic (exact) mass is 240 g/mol. The number of carbonyl (C=O) groups is 1. The number of hydrogen-bond acceptors (Lipinski definition) is 4. The number of ketones is 1. The molecule has 1 saturated heterocycles. The van der Waals surface area contributed by atoms with E-state index in [1.54, 1.807) is 6.07 Å². The van der Waals surface area contributed by atoms with Crippen molar-refractivity contribution < 1.29 is 9.53 Å². The van der Waals surface area contributed by atoms with Crippen molar-refractivity contribution >= 4 is 23.2 Å². The van der Waals surface area contributed by atoms with Gasteiger partial charge >= 0.3 is 0 Å². The van der Waals surface area contributed by atoms with Crippen LogP contribution in [0, 0.1) is 5.92 Å². The van der Waals surface area contributed by atoms with Gasteiger partial charge in [-0.15, -0.1) is 0 Å². The molecule has 0 radical (unpaired) electrons. The molecule has 0 saturated carbocycles. The van der Waals surface area contributed by atoms with Gasteiger partial charge in [0.1, 0.15) is 5.82 Å². The predicted molar refractivity (Wildman–Crippen MR) is 61.5 cm³/mol.